The van der Waals surface area contributed by atoms with Gasteiger partial charge in [0.25, 0.3) is 0 Å². The summed E-state index contributed by atoms with van der Waals surface area (Å²) in [5.74, 6) is 0.625. The standard InChI is InChI=1S/C14H18O4/c1-17-12-9-8-11(10-13(12)18-2)6-4-3-5-7-14(15)16/h4,6,8-10H,3,5,7H2,1-2H3,(H,15,16)/b6-4+. The third-order valence-electron chi connectivity index (χ3n) is 2.48. The molecule has 0 saturated heterocycles. The molecule has 0 aromatic heterocycles. The number of rotatable bonds is 7. The summed E-state index contributed by atoms with van der Waals surface area (Å²) >= 11 is 0. The highest BCUT2D eigenvalue weighted by Gasteiger charge is 2.02. The Bertz CT molecular complexity index is 424. The van der Waals surface area contributed by atoms with Crippen LogP contribution in [-0.4, -0.2) is 25.3 Å². The van der Waals surface area contributed by atoms with Crippen LogP contribution in [0.3, 0.4) is 0 Å². The molecule has 1 rings (SSSR count). The molecule has 0 aliphatic heterocycles. The minimum absolute atomic E-state index is 0.205. The van der Waals surface area contributed by atoms with Crippen molar-refractivity contribution in [2.45, 2.75) is 19.3 Å². The molecule has 0 radical (unpaired) electrons. The van der Waals surface area contributed by atoms with E-state index in [1.54, 1.807) is 14.2 Å². The molecule has 0 atom stereocenters. The first-order chi connectivity index (χ1) is 8.67. The Balaban J connectivity index is 2.56. The summed E-state index contributed by atoms with van der Waals surface area (Å²) in [6, 6.07) is 5.65. The van der Waals surface area contributed by atoms with Crippen LogP contribution in [0, 0.1) is 0 Å². The van der Waals surface area contributed by atoms with Crippen molar-refractivity contribution >= 4 is 12.0 Å². The first kappa shape index (κ1) is 14.1. The van der Waals surface area contributed by atoms with Gasteiger partial charge < -0.3 is 14.6 Å². The van der Waals surface area contributed by atoms with E-state index < -0.39 is 5.97 Å². The summed E-state index contributed by atoms with van der Waals surface area (Å²) in [5.41, 5.74) is 1.00. The summed E-state index contributed by atoms with van der Waals surface area (Å²) in [4.78, 5) is 10.3. The van der Waals surface area contributed by atoms with Gasteiger partial charge in [-0.25, -0.2) is 0 Å². The van der Waals surface area contributed by atoms with Crippen LogP contribution in [0.15, 0.2) is 24.3 Å². The second kappa shape index (κ2) is 7.37. The van der Waals surface area contributed by atoms with Gasteiger partial charge in [0.2, 0.25) is 0 Å². The van der Waals surface area contributed by atoms with Crippen molar-refractivity contribution in [3.8, 4) is 11.5 Å². The number of carboxylic acid groups (broad SMARTS) is 1. The number of allylic oxidation sites excluding steroid dienone is 1. The Labute approximate surface area is 107 Å². The molecule has 0 unspecified atom stereocenters. The quantitative estimate of drug-likeness (QED) is 0.756. The fourth-order valence-corrected chi connectivity index (χ4v) is 1.55. The predicted molar refractivity (Wildman–Crippen MR) is 70.1 cm³/mol. The van der Waals surface area contributed by atoms with Gasteiger partial charge in [0.05, 0.1) is 14.2 Å². The number of aliphatic carboxylic acids is 1. The van der Waals surface area contributed by atoms with Crippen molar-refractivity contribution in [2.75, 3.05) is 14.2 Å². The predicted octanol–water partition coefficient (Wildman–Crippen LogP) is 2.97. The molecule has 18 heavy (non-hydrogen) atoms. The van der Waals surface area contributed by atoms with Crippen LogP contribution in [0.2, 0.25) is 0 Å². The molecule has 0 heterocycles. The number of carbonyl (C=O) groups is 1. The van der Waals surface area contributed by atoms with E-state index in [1.807, 2.05) is 30.4 Å². The van der Waals surface area contributed by atoms with Gasteiger partial charge in [0.15, 0.2) is 11.5 Å². The fourth-order valence-electron chi connectivity index (χ4n) is 1.55. The van der Waals surface area contributed by atoms with E-state index in [4.69, 9.17) is 14.6 Å². The molecule has 0 aliphatic carbocycles. The number of ether oxygens (including phenoxy) is 2. The van der Waals surface area contributed by atoms with Crippen LogP contribution in [0.25, 0.3) is 6.08 Å². The summed E-state index contributed by atoms with van der Waals surface area (Å²) in [5, 5.41) is 8.50. The maximum Gasteiger partial charge on any atom is 0.303 e. The van der Waals surface area contributed by atoms with Crippen molar-refractivity contribution in [1.29, 1.82) is 0 Å². The highest BCUT2D eigenvalue weighted by atomic mass is 16.5. The Morgan fingerprint density at radius 1 is 1.28 bits per heavy atom. The third kappa shape index (κ3) is 4.49. The van der Waals surface area contributed by atoms with Gasteiger partial charge in [0.1, 0.15) is 0 Å². The lowest BCUT2D eigenvalue weighted by Crippen LogP contribution is -1.92. The largest absolute Gasteiger partial charge is 0.493 e. The number of hydrogen-bond donors (Lipinski definition) is 1. The van der Waals surface area contributed by atoms with Crippen molar-refractivity contribution in [2.24, 2.45) is 0 Å². The topological polar surface area (TPSA) is 55.8 Å². The average Bonchev–Trinajstić information content (AvgIpc) is 2.37. The normalized spacial score (nSPS) is 10.6. The SMILES string of the molecule is COc1ccc(/C=C/CCCC(=O)O)cc1OC. The zero-order valence-electron chi connectivity index (χ0n) is 10.7. The lowest BCUT2D eigenvalue weighted by atomic mass is 10.1. The Hall–Kier alpha value is -1.97. The number of unbranched alkanes of at least 4 members (excludes halogenated alkanes) is 1. The van der Waals surface area contributed by atoms with Crippen LogP contribution in [0.5, 0.6) is 11.5 Å². The molecular formula is C14H18O4. The molecular weight excluding hydrogens is 232 g/mol. The van der Waals surface area contributed by atoms with Gasteiger partial charge in [-0.2, -0.15) is 0 Å². The third-order valence-corrected chi connectivity index (χ3v) is 2.48. The van der Waals surface area contributed by atoms with Gasteiger partial charge in [0, 0.05) is 6.42 Å². The van der Waals surface area contributed by atoms with E-state index >= 15 is 0 Å². The van der Waals surface area contributed by atoms with E-state index in [2.05, 4.69) is 0 Å². The summed E-state index contributed by atoms with van der Waals surface area (Å²) in [7, 11) is 3.19. The first-order valence-electron chi connectivity index (χ1n) is 5.77. The molecule has 0 saturated carbocycles. The van der Waals surface area contributed by atoms with Crippen LogP contribution < -0.4 is 9.47 Å². The maximum atomic E-state index is 10.3. The van der Waals surface area contributed by atoms with Crippen molar-refractivity contribution < 1.29 is 19.4 Å². The van der Waals surface area contributed by atoms with Crippen LogP contribution in [0.1, 0.15) is 24.8 Å². The zero-order valence-corrected chi connectivity index (χ0v) is 10.7. The molecule has 4 heteroatoms. The molecule has 0 aliphatic rings. The van der Waals surface area contributed by atoms with E-state index in [-0.39, 0.29) is 6.42 Å². The van der Waals surface area contributed by atoms with E-state index in [0.29, 0.717) is 17.9 Å². The van der Waals surface area contributed by atoms with Crippen LogP contribution in [0.4, 0.5) is 0 Å². The van der Waals surface area contributed by atoms with Crippen molar-refractivity contribution in [3.63, 3.8) is 0 Å². The molecule has 1 aromatic carbocycles. The van der Waals surface area contributed by atoms with Crippen molar-refractivity contribution in [1.82, 2.24) is 0 Å². The molecule has 0 fully saturated rings. The molecule has 98 valence electrons. The second-order valence-corrected chi connectivity index (χ2v) is 3.80. The monoisotopic (exact) mass is 250 g/mol. The van der Waals surface area contributed by atoms with Crippen molar-refractivity contribution in [3.05, 3.63) is 29.8 Å². The number of methoxy groups -OCH3 is 2. The van der Waals surface area contributed by atoms with Gasteiger partial charge in [-0.1, -0.05) is 18.2 Å². The van der Waals surface area contributed by atoms with Gasteiger partial charge >= 0.3 is 5.97 Å². The van der Waals surface area contributed by atoms with E-state index in [9.17, 15) is 4.79 Å². The van der Waals surface area contributed by atoms with Crippen LogP contribution in [-0.2, 0) is 4.79 Å². The van der Waals surface area contributed by atoms with Crippen LogP contribution >= 0.6 is 0 Å². The zero-order chi connectivity index (χ0) is 13.4. The first-order valence-corrected chi connectivity index (χ1v) is 5.77. The van der Waals surface area contributed by atoms with E-state index in [1.165, 1.54) is 0 Å². The molecule has 1 N–H and O–H groups in total. The molecule has 0 bridgehead atoms. The van der Waals surface area contributed by atoms with E-state index in [0.717, 1.165) is 12.0 Å². The number of benzene rings is 1. The summed E-state index contributed by atoms with van der Waals surface area (Å²) in [6.07, 6.45) is 5.52. The minimum Gasteiger partial charge on any atom is -0.493 e. The lowest BCUT2D eigenvalue weighted by Gasteiger charge is -2.07. The number of hydrogen-bond acceptors (Lipinski definition) is 3. The molecule has 4 nitrogen and oxygen atoms in total. The lowest BCUT2D eigenvalue weighted by molar-refractivity contribution is -0.137. The van der Waals surface area contributed by atoms with Gasteiger partial charge in [-0.3, -0.25) is 4.79 Å². The second-order valence-electron chi connectivity index (χ2n) is 3.80. The molecule has 1 aromatic rings. The minimum atomic E-state index is -0.755. The Morgan fingerprint density at radius 3 is 2.61 bits per heavy atom. The Morgan fingerprint density at radius 2 is 2.00 bits per heavy atom. The van der Waals surface area contributed by atoms with Gasteiger partial charge in [-0.05, 0) is 30.5 Å². The smallest absolute Gasteiger partial charge is 0.303 e. The van der Waals surface area contributed by atoms with Gasteiger partial charge in [-0.15, -0.1) is 0 Å². The summed E-state index contributed by atoms with van der Waals surface area (Å²) < 4.78 is 10.3. The fraction of sp³-hybridized carbons (Fsp3) is 0.357. The molecule has 0 spiro atoms. The number of carboxylic acids is 1. The maximum absolute atomic E-state index is 10.3. The summed E-state index contributed by atoms with van der Waals surface area (Å²) in [6.45, 7) is 0. The highest BCUT2D eigenvalue weighted by molar-refractivity contribution is 5.66. The highest BCUT2D eigenvalue weighted by Crippen LogP contribution is 2.27. The Kier molecular flexibility index (Phi) is 5.77. The average molecular weight is 250 g/mol. The molecule has 0 amide bonds.